The molecule has 0 heterocycles. The fourth-order valence-corrected chi connectivity index (χ4v) is 2.95. The van der Waals surface area contributed by atoms with Crippen LogP contribution < -0.4 is 10.6 Å². The van der Waals surface area contributed by atoms with Gasteiger partial charge in [0, 0.05) is 5.69 Å². The highest BCUT2D eigenvalue weighted by Crippen LogP contribution is 2.42. The first-order chi connectivity index (χ1) is 7.96. The average Bonchev–Trinajstić information content (AvgIpc) is 2.71. The van der Waals surface area contributed by atoms with Crippen molar-refractivity contribution in [2.45, 2.75) is 31.6 Å². The van der Waals surface area contributed by atoms with Crippen LogP contribution in [-0.4, -0.2) is 10.00 Å². The van der Waals surface area contributed by atoms with Gasteiger partial charge in [-0.15, -0.1) is 0 Å². The summed E-state index contributed by atoms with van der Waals surface area (Å²) in [4.78, 5) is 9.17. The van der Waals surface area contributed by atoms with Crippen molar-refractivity contribution in [3.63, 3.8) is 0 Å². The maximum atomic E-state index is 11.2. The minimum atomic E-state index is -3.80. The van der Waals surface area contributed by atoms with E-state index in [0.717, 1.165) is 31.2 Å². The van der Waals surface area contributed by atoms with Crippen molar-refractivity contribution in [1.82, 2.24) is 0 Å². The topological polar surface area (TPSA) is 95.6 Å². The number of benzene rings is 1. The van der Waals surface area contributed by atoms with Crippen LogP contribution in [0.1, 0.15) is 37.2 Å². The number of hydrogen-bond acceptors (Lipinski definition) is 2. The van der Waals surface area contributed by atoms with Crippen molar-refractivity contribution in [2.75, 3.05) is 5.09 Å². The number of nitrogens with two attached hydrogens (primary N) is 1. The van der Waals surface area contributed by atoms with E-state index in [1.54, 1.807) is 12.1 Å². The number of hydrogen-bond donors (Lipinski definition) is 4. The van der Waals surface area contributed by atoms with Crippen molar-refractivity contribution >= 4 is 13.4 Å². The van der Waals surface area contributed by atoms with E-state index < -0.39 is 7.67 Å². The summed E-state index contributed by atoms with van der Waals surface area (Å²) in [6, 6.07) is 4.73. The van der Waals surface area contributed by atoms with Gasteiger partial charge in [0.05, 0.1) is 0 Å². The second-order valence-electron chi connectivity index (χ2n) is 4.49. The van der Waals surface area contributed by atoms with Gasteiger partial charge in [-0.2, -0.15) is 0 Å². The highest BCUT2D eigenvalue weighted by Gasteiger charge is 2.22. The smallest absolute Gasteiger partial charge is 0.360 e. The summed E-state index contributed by atoms with van der Waals surface area (Å²) < 4.78 is 11.2. The highest BCUT2D eigenvalue weighted by molar-refractivity contribution is 7.57. The third-order valence-corrected chi connectivity index (χ3v) is 3.67. The largest absolute Gasteiger partial charge is 0.508 e. The lowest BCUT2D eigenvalue weighted by atomic mass is 9.96. The zero-order chi connectivity index (χ0) is 12.5. The van der Waals surface area contributed by atoms with Gasteiger partial charge in [-0.25, -0.2) is 10.1 Å². The molecule has 1 aliphatic carbocycles. The predicted molar refractivity (Wildman–Crippen MR) is 67.0 cm³/mol. The maximum Gasteiger partial charge on any atom is 0.360 e. The third-order valence-electron chi connectivity index (χ3n) is 3.11. The monoisotopic (exact) mass is 256 g/mol. The van der Waals surface area contributed by atoms with Gasteiger partial charge in [0.25, 0.3) is 0 Å². The molecule has 5 N–H and O–H groups in total. The summed E-state index contributed by atoms with van der Waals surface area (Å²) in [6.45, 7) is 0. The number of anilines is 1. The van der Waals surface area contributed by atoms with E-state index in [1.165, 1.54) is 6.07 Å². The van der Waals surface area contributed by atoms with Crippen LogP contribution in [0.25, 0.3) is 0 Å². The van der Waals surface area contributed by atoms with E-state index >= 15 is 0 Å². The highest BCUT2D eigenvalue weighted by atomic mass is 31.2. The van der Waals surface area contributed by atoms with E-state index in [2.05, 4.69) is 5.09 Å². The van der Waals surface area contributed by atoms with Crippen LogP contribution in [0, 0.1) is 0 Å². The molecule has 2 rings (SSSR count). The standard InChI is InChI=1S/C11H17N2O3P/c12-17(15,16)13-11-6-5-9(14)7-10(11)8-3-1-2-4-8/h5-8,14H,1-4H2,(H4,12,13,15,16). The van der Waals surface area contributed by atoms with E-state index in [0.29, 0.717) is 11.6 Å². The van der Waals surface area contributed by atoms with Gasteiger partial charge in [0.1, 0.15) is 5.75 Å². The molecule has 0 aliphatic heterocycles. The Kier molecular flexibility index (Phi) is 3.43. The van der Waals surface area contributed by atoms with E-state index in [9.17, 15) is 9.67 Å². The second-order valence-corrected chi connectivity index (χ2v) is 5.96. The molecule has 1 saturated carbocycles. The molecule has 1 aromatic carbocycles. The molecule has 1 fully saturated rings. The van der Waals surface area contributed by atoms with Crippen LogP contribution in [-0.2, 0) is 4.57 Å². The first kappa shape index (κ1) is 12.4. The number of aromatic hydroxyl groups is 1. The van der Waals surface area contributed by atoms with Gasteiger partial charge < -0.3 is 15.1 Å². The Morgan fingerprint density at radius 1 is 1.35 bits per heavy atom. The minimum absolute atomic E-state index is 0.169. The molecule has 1 atom stereocenters. The number of nitrogens with one attached hydrogen (secondary N) is 1. The molecule has 6 heteroatoms. The third kappa shape index (κ3) is 3.22. The zero-order valence-electron chi connectivity index (χ0n) is 9.47. The molecular formula is C11H17N2O3P. The Morgan fingerprint density at radius 3 is 2.59 bits per heavy atom. The fourth-order valence-electron chi connectivity index (χ4n) is 2.40. The second kappa shape index (κ2) is 4.69. The molecule has 0 spiro atoms. The average molecular weight is 256 g/mol. The van der Waals surface area contributed by atoms with Crippen molar-refractivity contribution in [3.8, 4) is 5.75 Å². The molecule has 17 heavy (non-hydrogen) atoms. The first-order valence-electron chi connectivity index (χ1n) is 5.68. The lowest BCUT2D eigenvalue weighted by Crippen LogP contribution is -2.07. The first-order valence-corrected chi connectivity index (χ1v) is 7.41. The zero-order valence-corrected chi connectivity index (χ0v) is 10.4. The Hall–Kier alpha value is -1.03. The fraction of sp³-hybridized carbons (Fsp3) is 0.455. The maximum absolute atomic E-state index is 11.2. The van der Waals surface area contributed by atoms with Crippen molar-refractivity contribution < 1.29 is 14.6 Å². The predicted octanol–water partition coefficient (Wildman–Crippen LogP) is 2.52. The summed E-state index contributed by atoms with van der Waals surface area (Å²) in [5, 5.41) is 11.9. The van der Waals surface area contributed by atoms with Gasteiger partial charge in [-0.3, -0.25) is 0 Å². The molecule has 0 amide bonds. The summed E-state index contributed by atoms with van der Waals surface area (Å²) in [6.07, 6.45) is 4.38. The van der Waals surface area contributed by atoms with Crippen LogP contribution in [0.15, 0.2) is 18.2 Å². The Labute approximate surface area is 100 Å². The van der Waals surface area contributed by atoms with Crippen molar-refractivity contribution in [2.24, 2.45) is 5.50 Å². The molecule has 5 nitrogen and oxygen atoms in total. The molecule has 1 aromatic rings. The minimum Gasteiger partial charge on any atom is -0.508 e. The number of phenolic OH excluding ortho intramolecular Hbond substituents is 1. The van der Waals surface area contributed by atoms with Gasteiger partial charge in [0.2, 0.25) is 0 Å². The van der Waals surface area contributed by atoms with Crippen LogP contribution in [0.5, 0.6) is 5.75 Å². The van der Waals surface area contributed by atoms with E-state index in [4.69, 9.17) is 10.4 Å². The summed E-state index contributed by atoms with van der Waals surface area (Å²) in [5.74, 6) is 0.499. The van der Waals surface area contributed by atoms with E-state index in [1.807, 2.05) is 0 Å². The molecule has 94 valence electrons. The Balaban J connectivity index is 2.33. The molecule has 0 radical (unpaired) electrons. The molecule has 0 aromatic heterocycles. The van der Waals surface area contributed by atoms with Gasteiger partial charge in [0.15, 0.2) is 0 Å². The number of phenols is 1. The molecule has 0 saturated heterocycles. The summed E-state index contributed by atoms with van der Waals surface area (Å²) >= 11 is 0. The van der Waals surface area contributed by atoms with Crippen molar-refractivity contribution in [1.29, 1.82) is 0 Å². The van der Waals surface area contributed by atoms with Gasteiger partial charge in [-0.05, 0) is 42.5 Å². The van der Waals surface area contributed by atoms with Crippen LogP contribution in [0.3, 0.4) is 0 Å². The molecule has 1 unspecified atom stereocenters. The molecule has 0 bridgehead atoms. The molecular weight excluding hydrogens is 239 g/mol. The van der Waals surface area contributed by atoms with Crippen LogP contribution >= 0.6 is 7.67 Å². The lowest BCUT2D eigenvalue weighted by molar-refractivity contribution is 0.473. The lowest BCUT2D eigenvalue weighted by Gasteiger charge is -2.18. The van der Waals surface area contributed by atoms with Crippen LogP contribution in [0.4, 0.5) is 5.69 Å². The van der Waals surface area contributed by atoms with Gasteiger partial charge >= 0.3 is 7.67 Å². The van der Waals surface area contributed by atoms with E-state index in [-0.39, 0.29) is 5.75 Å². The number of rotatable bonds is 3. The molecule has 1 aliphatic rings. The van der Waals surface area contributed by atoms with Gasteiger partial charge in [-0.1, -0.05) is 12.8 Å². The summed E-state index contributed by atoms with van der Waals surface area (Å²) in [7, 11) is -3.80. The summed E-state index contributed by atoms with van der Waals surface area (Å²) in [5.41, 5.74) is 6.53. The Morgan fingerprint density at radius 2 is 2.00 bits per heavy atom. The Bertz CT molecular complexity index is 452. The normalized spacial score (nSPS) is 20.1. The SMILES string of the molecule is NP(=O)(O)Nc1ccc(O)cc1C1CCCC1. The van der Waals surface area contributed by atoms with Crippen LogP contribution in [0.2, 0.25) is 0 Å². The quantitative estimate of drug-likeness (QED) is 0.492. The van der Waals surface area contributed by atoms with Crippen molar-refractivity contribution in [3.05, 3.63) is 23.8 Å².